The van der Waals surface area contributed by atoms with Crippen LogP contribution < -0.4 is 24.8 Å². The number of nitrogens with one attached hydrogen (secondary N) is 1. The third kappa shape index (κ3) is 6.42. The summed E-state index contributed by atoms with van der Waals surface area (Å²) in [4.78, 5) is 0. The molecule has 0 heterocycles. The van der Waals surface area contributed by atoms with E-state index in [2.05, 4.69) is 68.5 Å². The summed E-state index contributed by atoms with van der Waals surface area (Å²) in [6.45, 7) is 10.1. The van der Waals surface area contributed by atoms with Crippen molar-refractivity contribution in [1.82, 2.24) is 0 Å². The van der Waals surface area contributed by atoms with Gasteiger partial charge in [0.1, 0.15) is 0 Å². The summed E-state index contributed by atoms with van der Waals surface area (Å²) >= 11 is 0. The van der Waals surface area contributed by atoms with Crippen LogP contribution in [0.4, 0.5) is 5.69 Å². The van der Waals surface area contributed by atoms with E-state index in [1.807, 2.05) is 32.0 Å². The summed E-state index contributed by atoms with van der Waals surface area (Å²) in [6, 6.07) is 21.0. The minimum Gasteiger partial charge on any atom is -1.00 e. The van der Waals surface area contributed by atoms with E-state index in [1.165, 1.54) is 22.3 Å². The van der Waals surface area contributed by atoms with Gasteiger partial charge in [-0.25, -0.2) is 0 Å². The van der Waals surface area contributed by atoms with E-state index in [9.17, 15) is 0 Å². The van der Waals surface area contributed by atoms with Gasteiger partial charge < -0.3 is 30.5 Å². The van der Waals surface area contributed by atoms with Crippen molar-refractivity contribution in [3.05, 3.63) is 118 Å². The van der Waals surface area contributed by atoms with Gasteiger partial charge in [0.2, 0.25) is 0 Å². The Bertz CT molecular complexity index is 944. The van der Waals surface area contributed by atoms with Crippen LogP contribution in [-0.4, -0.2) is 0 Å². The average molecular weight is 458 g/mol. The average Bonchev–Trinajstić information content (AvgIpc) is 3.04. The molecule has 1 aliphatic rings. The molecule has 29 heavy (non-hydrogen) atoms. The molecule has 0 saturated heterocycles. The molecular weight excluding hydrogens is 433 g/mol. The van der Waals surface area contributed by atoms with E-state index in [1.54, 1.807) is 0 Å². The zero-order valence-electron chi connectivity index (χ0n) is 17.0. The maximum absolute atomic E-state index is 7.54. The zero-order chi connectivity index (χ0) is 18.7. The first kappa shape index (κ1) is 27.4. The van der Waals surface area contributed by atoms with Gasteiger partial charge in [0.25, 0.3) is 0 Å². The quantitative estimate of drug-likeness (QED) is 0.389. The minimum absolute atomic E-state index is 0. The van der Waals surface area contributed by atoms with E-state index in [-0.39, 0.29) is 46.5 Å². The molecule has 0 amide bonds. The molecule has 4 heteroatoms. The molecule has 150 valence electrons. The van der Waals surface area contributed by atoms with Crippen molar-refractivity contribution in [2.75, 3.05) is 0 Å². The first-order valence-electron chi connectivity index (χ1n) is 8.95. The number of aryl methyl sites for hydroxylation is 3. The second-order valence-electron chi connectivity index (χ2n) is 6.94. The largest absolute Gasteiger partial charge is 2.00 e. The molecule has 3 aromatic carbocycles. The summed E-state index contributed by atoms with van der Waals surface area (Å²) in [5.74, 6) is 0.380. The summed E-state index contributed by atoms with van der Waals surface area (Å²) < 4.78 is 0. The maximum atomic E-state index is 7.54. The summed E-state index contributed by atoms with van der Waals surface area (Å²) in [6.07, 6.45) is 4.46. The number of halogens is 2. The van der Waals surface area contributed by atoms with Crippen molar-refractivity contribution in [1.29, 1.82) is 0 Å². The normalized spacial score (nSPS) is 13.0. The predicted molar refractivity (Wildman–Crippen MR) is 113 cm³/mol. The molecule has 1 atom stereocenters. The Morgan fingerprint density at radius 3 is 1.90 bits per heavy atom. The number of benzene rings is 3. The molecule has 0 radical (unpaired) electrons. The topological polar surface area (TPSA) is 23.8 Å². The van der Waals surface area contributed by atoms with Crippen LogP contribution in [0.25, 0.3) is 11.8 Å². The fraction of sp³-hybridized carbons (Fsp3) is 0.160. The van der Waals surface area contributed by atoms with Crippen molar-refractivity contribution in [3.8, 4) is 0 Å². The van der Waals surface area contributed by atoms with E-state index in [0.717, 1.165) is 16.7 Å². The Balaban J connectivity index is 0.000000535. The van der Waals surface area contributed by atoms with Crippen LogP contribution in [0.3, 0.4) is 0 Å². The van der Waals surface area contributed by atoms with Gasteiger partial charge in [0, 0.05) is 0 Å². The molecule has 3 aromatic rings. The molecule has 1 aliphatic carbocycles. The Morgan fingerprint density at radius 1 is 0.793 bits per heavy atom. The summed E-state index contributed by atoms with van der Waals surface area (Å²) in [5.41, 5.74) is 16.7. The maximum Gasteiger partial charge on any atom is 2.00 e. The van der Waals surface area contributed by atoms with Crippen LogP contribution >= 0.6 is 0 Å². The predicted octanol–water partition coefficient (Wildman–Crippen LogP) is 1.33. The van der Waals surface area contributed by atoms with E-state index >= 15 is 0 Å². The Kier molecular flexibility index (Phi) is 11.5. The summed E-state index contributed by atoms with van der Waals surface area (Å²) in [7, 11) is 0. The van der Waals surface area contributed by atoms with Gasteiger partial charge in [-0.05, 0) is 37.8 Å². The van der Waals surface area contributed by atoms with Gasteiger partial charge in [-0.15, -0.1) is 23.4 Å². The van der Waals surface area contributed by atoms with Crippen molar-refractivity contribution in [2.24, 2.45) is 0 Å². The van der Waals surface area contributed by atoms with Gasteiger partial charge in [0.05, 0.1) is 0 Å². The number of allylic oxidation sites excluding steroid dienone is 1. The third-order valence-electron chi connectivity index (χ3n) is 4.87. The SMILES string of the molecule is Cc1cc(C)c([NH-])c(C)c1.[CH2-]c1ccccc1C1C=Cc2ccccc21.[Cl-].[Cl-].[Ti+2]. The minimum atomic E-state index is 0. The molecule has 1 N–H and O–H groups in total. The Morgan fingerprint density at radius 2 is 1.31 bits per heavy atom. The molecule has 0 fully saturated rings. The van der Waals surface area contributed by atoms with E-state index < -0.39 is 0 Å². The molecule has 0 bridgehead atoms. The van der Waals surface area contributed by atoms with Crippen LogP contribution in [0.15, 0.2) is 66.7 Å². The smallest absolute Gasteiger partial charge is 1.00 e. The number of hydrogen-bond donors (Lipinski definition) is 0. The number of fused-ring (bicyclic) bond motifs is 1. The van der Waals surface area contributed by atoms with E-state index in [0.29, 0.717) is 11.6 Å². The second kappa shape index (κ2) is 12.1. The third-order valence-corrected chi connectivity index (χ3v) is 4.87. The van der Waals surface area contributed by atoms with Gasteiger partial charge >= 0.3 is 21.7 Å². The fourth-order valence-electron chi connectivity index (χ4n) is 3.54. The standard InChI is InChI=1S/C16H13.C9H12N.2ClH.Ti/c1-12-6-2-4-8-14(12)16-11-10-13-7-3-5-9-15(13)16;1-6-4-7(2)9(10)8(3)5-6;;;/h2-11,16H,1H2;4-5,10H,1-3H3;2*1H;/q2*-1;;;+2/p-2. The molecular formula is C25H25Cl2NTi-2. The Labute approximate surface area is 202 Å². The molecule has 4 rings (SSSR count). The van der Waals surface area contributed by atoms with E-state index in [4.69, 9.17) is 5.73 Å². The van der Waals surface area contributed by atoms with Gasteiger partial charge in [-0.2, -0.15) is 18.6 Å². The molecule has 0 spiro atoms. The van der Waals surface area contributed by atoms with Crippen LogP contribution in [0.2, 0.25) is 0 Å². The molecule has 1 unspecified atom stereocenters. The van der Waals surface area contributed by atoms with Crippen molar-refractivity contribution in [2.45, 2.75) is 26.7 Å². The van der Waals surface area contributed by atoms with Crippen molar-refractivity contribution >= 4 is 11.8 Å². The first-order valence-corrected chi connectivity index (χ1v) is 8.95. The monoisotopic (exact) mass is 457 g/mol. The summed E-state index contributed by atoms with van der Waals surface area (Å²) in [5, 5.41) is 0. The van der Waals surface area contributed by atoms with Crippen molar-refractivity contribution < 1.29 is 46.5 Å². The van der Waals surface area contributed by atoms with Gasteiger partial charge in [-0.1, -0.05) is 71.3 Å². The second-order valence-corrected chi connectivity index (χ2v) is 6.94. The molecule has 0 aliphatic heterocycles. The molecule has 1 nitrogen and oxygen atoms in total. The van der Waals surface area contributed by atoms with Crippen molar-refractivity contribution in [3.63, 3.8) is 0 Å². The fourth-order valence-corrected chi connectivity index (χ4v) is 3.54. The first-order chi connectivity index (χ1) is 12.5. The van der Waals surface area contributed by atoms with Gasteiger partial charge in [-0.3, -0.25) is 0 Å². The van der Waals surface area contributed by atoms with Gasteiger partial charge in [0.15, 0.2) is 0 Å². The number of hydrogen-bond acceptors (Lipinski definition) is 0. The van der Waals surface area contributed by atoms with Crippen LogP contribution in [-0.2, 0) is 21.7 Å². The van der Waals surface area contributed by atoms with Crippen LogP contribution in [0.5, 0.6) is 0 Å². The molecule has 0 aromatic heterocycles. The zero-order valence-corrected chi connectivity index (χ0v) is 20.0. The van der Waals surface area contributed by atoms with Crippen LogP contribution in [0.1, 0.15) is 44.9 Å². The van der Waals surface area contributed by atoms with Crippen LogP contribution in [0, 0.1) is 27.7 Å². The molecule has 0 saturated carbocycles. The Hall–Kier alpha value is -1.64. The number of rotatable bonds is 1.